The van der Waals surface area contributed by atoms with Crippen LogP contribution in [0.25, 0.3) is 0 Å². The van der Waals surface area contributed by atoms with E-state index in [1.165, 1.54) is 28.9 Å². The zero-order valence-corrected chi connectivity index (χ0v) is 17.1. The van der Waals surface area contributed by atoms with Crippen molar-refractivity contribution >= 4 is 39.7 Å². The zero-order valence-electron chi connectivity index (χ0n) is 16.3. The third-order valence-electron chi connectivity index (χ3n) is 4.96. The van der Waals surface area contributed by atoms with Gasteiger partial charge in [-0.3, -0.25) is 14.9 Å². The third kappa shape index (κ3) is 4.17. The minimum atomic E-state index is -0.278. The van der Waals surface area contributed by atoms with Crippen LogP contribution in [0.4, 0.5) is 16.5 Å². The first-order valence-corrected chi connectivity index (χ1v) is 10.4. The number of anilines is 3. The van der Waals surface area contributed by atoms with Gasteiger partial charge in [0.2, 0.25) is 5.91 Å². The second kappa shape index (κ2) is 8.08. The van der Waals surface area contributed by atoms with Gasteiger partial charge in [0.25, 0.3) is 5.91 Å². The lowest BCUT2D eigenvalue weighted by Crippen LogP contribution is -2.19. The first-order valence-electron chi connectivity index (χ1n) is 9.51. The predicted molar refractivity (Wildman–Crippen MR) is 114 cm³/mol. The molecule has 0 atom stereocenters. The van der Waals surface area contributed by atoms with Crippen LogP contribution in [0.15, 0.2) is 40.3 Å². The van der Waals surface area contributed by atoms with Crippen molar-refractivity contribution in [2.45, 2.75) is 26.7 Å². The van der Waals surface area contributed by atoms with Crippen molar-refractivity contribution in [3.8, 4) is 0 Å². The number of benzene rings is 1. The molecule has 1 aliphatic heterocycles. The lowest BCUT2D eigenvalue weighted by molar-refractivity contribution is -0.115. The van der Waals surface area contributed by atoms with Gasteiger partial charge in [-0.25, -0.2) is 4.98 Å². The van der Waals surface area contributed by atoms with Gasteiger partial charge in [-0.05, 0) is 44.0 Å². The molecule has 2 aromatic heterocycles. The normalized spacial score (nSPS) is 12.7. The summed E-state index contributed by atoms with van der Waals surface area (Å²) < 4.78 is 5.15. The lowest BCUT2D eigenvalue weighted by Gasteiger charge is -2.17. The Kier molecular flexibility index (Phi) is 5.35. The van der Waals surface area contributed by atoms with Crippen molar-refractivity contribution in [1.82, 2.24) is 4.98 Å². The number of aryl methyl sites for hydroxylation is 1. The molecule has 0 fully saturated rings. The number of carbonyl (C=O) groups excluding carboxylic acids is 2. The van der Waals surface area contributed by atoms with E-state index in [0.717, 1.165) is 25.2 Å². The van der Waals surface area contributed by atoms with Gasteiger partial charge >= 0.3 is 0 Å². The average molecular weight is 410 g/mol. The van der Waals surface area contributed by atoms with Crippen LogP contribution in [-0.2, 0) is 17.6 Å². The average Bonchev–Trinajstić information content (AvgIpc) is 3.41. The summed E-state index contributed by atoms with van der Waals surface area (Å²) in [5, 5.41) is 7.91. The fraction of sp³-hybridized carbons (Fsp3) is 0.286. The number of rotatable bonds is 6. The summed E-state index contributed by atoms with van der Waals surface area (Å²) in [5.74, 6) is 0.134. The highest BCUT2D eigenvalue weighted by atomic mass is 32.1. The van der Waals surface area contributed by atoms with Crippen molar-refractivity contribution in [3.63, 3.8) is 0 Å². The molecule has 0 saturated heterocycles. The van der Waals surface area contributed by atoms with Gasteiger partial charge < -0.3 is 14.6 Å². The number of hydrogen-bond donors (Lipinski definition) is 2. The second-order valence-electron chi connectivity index (χ2n) is 6.89. The van der Waals surface area contributed by atoms with Crippen LogP contribution in [-0.4, -0.2) is 29.9 Å². The quantitative estimate of drug-likeness (QED) is 0.644. The van der Waals surface area contributed by atoms with Crippen molar-refractivity contribution in [3.05, 3.63) is 58.5 Å². The Morgan fingerprint density at radius 1 is 1.28 bits per heavy atom. The fourth-order valence-electron chi connectivity index (χ4n) is 3.45. The van der Waals surface area contributed by atoms with E-state index in [1.807, 2.05) is 12.1 Å². The molecule has 0 unspecified atom stereocenters. The van der Waals surface area contributed by atoms with Crippen LogP contribution in [0.1, 0.15) is 34.3 Å². The molecule has 29 heavy (non-hydrogen) atoms. The first kappa shape index (κ1) is 19.2. The summed E-state index contributed by atoms with van der Waals surface area (Å²) in [6.07, 6.45) is 2.66. The molecular formula is C21H22N4O3S. The lowest BCUT2D eigenvalue weighted by atomic mass is 10.1. The van der Waals surface area contributed by atoms with E-state index in [0.29, 0.717) is 22.1 Å². The minimum absolute atomic E-state index is 0.139. The maximum Gasteiger partial charge on any atom is 0.260 e. The molecule has 1 aliphatic rings. The number of likely N-dealkylation sites (N-methyl/N-ethyl adjacent to an activating group) is 1. The van der Waals surface area contributed by atoms with Crippen molar-refractivity contribution < 1.29 is 14.0 Å². The Labute approximate surface area is 172 Å². The van der Waals surface area contributed by atoms with E-state index < -0.39 is 0 Å². The number of furan rings is 1. The molecule has 3 heterocycles. The van der Waals surface area contributed by atoms with E-state index in [1.54, 1.807) is 18.4 Å². The Morgan fingerprint density at radius 2 is 2.14 bits per heavy atom. The summed E-state index contributed by atoms with van der Waals surface area (Å²) in [4.78, 5) is 31.3. The molecule has 4 rings (SSSR count). The number of thiazole rings is 1. The summed E-state index contributed by atoms with van der Waals surface area (Å²) >= 11 is 1.29. The standard InChI is InChI=1S/C21H22N4O3S/c1-3-25-8-6-14-4-5-15(10-18(14)25)22-19(26)11-16-12-29-21(23-16)24-20(27)17-7-9-28-13(17)2/h4-5,7,9-10,12H,3,6,8,11H2,1-2H3,(H,22,26)(H,23,24,27). The van der Waals surface area contributed by atoms with Crippen LogP contribution >= 0.6 is 11.3 Å². The minimum Gasteiger partial charge on any atom is -0.469 e. The summed E-state index contributed by atoms with van der Waals surface area (Å²) in [6, 6.07) is 7.66. The van der Waals surface area contributed by atoms with Crippen LogP contribution < -0.4 is 15.5 Å². The van der Waals surface area contributed by atoms with Crippen LogP contribution in [0.3, 0.4) is 0 Å². The number of carbonyl (C=O) groups is 2. The van der Waals surface area contributed by atoms with Crippen molar-refractivity contribution in [1.29, 1.82) is 0 Å². The molecule has 7 nitrogen and oxygen atoms in total. The third-order valence-corrected chi connectivity index (χ3v) is 5.77. The summed E-state index contributed by atoms with van der Waals surface area (Å²) in [7, 11) is 0. The molecule has 0 saturated carbocycles. The monoisotopic (exact) mass is 410 g/mol. The SMILES string of the molecule is CCN1CCc2ccc(NC(=O)Cc3csc(NC(=O)c4ccoc4C)n3)cc21. The molecule has 2 N–H and O–H groups in total. The topological polar surface area (TPSA) is 87.5 Å². The van der Waals surface area contributed by atoms with E-state index in [-0.39, 0.29) is 18.2 Å². The summed E-state index contributed by atoms with van der Waals surface area (Å²) in [5.41, 5.74) is 4.38. The largest absolute Gasteiger partial charge is 0.469 e. The van der Waals surface area contributed by atoms with Gasteiger partial charge in [0, 0.05) is 29.8 Å². The Balaban J connectivity index is 1.36. The van der Waals surface area contributed by atoms with E-state index in [2.05, 4.69) is 33.5 Å². The maximum absolute atomic E-state index is 12.4. The number of nitrogens with one attached hydrogen (secondary N) is 2. The van der Waals surface area contributed by atoms with Gasteiger partial charge in [0.1, 0.15) is 5.76 Å². The number of aromatic nitrogens is 1. The highest BCUT2D eigenvalue weighted by molar-refractivity contribution is 7.14. The van der Waals surface area contributed by atoms with Crippen LogP contribution in [0, 0.1) is 6.92 Å². The fourth-order valence-corrected chi connectivity index (χ4v) is 4.16. The molecule has 0 radical (unpaired) electrons. The highest BCUT2D eigenvalue weighted by Gasteiger charge is 2.19. The smallest absolute Gasteiger partial charge is 0.260 e. The molecular weight excluding hydrogens is 388 g/mol. The Morgan fingerprint density at radius 3 is 2.90 bits per heavy atom. The zero-order chi connectivity index (χ0) is 20.4. The molecule has 0 spiro atoms. The van der Waals surface area contributed by atoms with Crippen molar-refractivity contribution in [2.24, 2.45) is 0 Å². The predicted octanol–water partition coefficient (Wildman–Crippen LogP) is 3.86. The van der Waals surface area contributed by atoms with Gasteiger partial charge in [0.05, 0.1) is 23.9 Å². The van der Waals surface area contributed by atoms with Gasteiger partial charge in [-0.2, -0.15) is 0 Å². The van der Waals surface area contributed by atoms with Gasteiger partial charge in [-0.15, -0.1) is 11.3 Å². The number of hydrogen-bond acceptors (Lipinski definition) is 6. The van der Waals surface area contributed by atoms with Crippen molar-refractivity contribution in [2.75, 3.05) is 28.6 Å². The summed E-state index contributed by atoms with van der Waals surface area (Å²) in [6.45, 7) is 5.84. The molecule has 150 valence electrons. The van der Waals surface area contributed by atoms with Gasteiger partial charge in [-0.1, -0.05) is 6.07 Å². The van der Waals surface area contributed by atoms with Gasteiger partial charge in [0.15, 0.2) is 5.13 Å². The molecule has 1 aromatic carbocycles. The maximum atomic E-state index is 12.4. The van der Waals surface area contributed by atoms with E-state index >= 15 is 0 Å². The molecule has 0 aliphatic carbocycles. The van der Waals surface area contributed by atoms with E-state index in [9.17, 15) is 9.59 Å². The molecule has 8 heteroatoms. The molecule has 2 amide bonds. The van der Waals surface area contributed by atoms with Crippen LogP contribution in [0.2, 0.25) is 0 Å². The van der Waals surface area contributed by atoms with Crippen LogP contribution in [0.5, 0.6) is 0 Å². The highest BCUT2D eigenvalue weighted by Crippen LogP contribution is 2.30. The number of nitrogens with zero attached hydrogens (tertiary/aromatic N) is 2. The molecule has 3 aromatic rings. The second-order valence-corrected chi connectivity index (χ2v) is 7.74. The van der Waals surface area contributed by atoms with E-state index in [4.69, 9.17) is 4.42 Å². The Hall–Kier alpha value is -3.13. The first-order chi connectivity index (χ1) is 14.0. The Bertz CT molecular complexity index is 1060. The number of fused-ring (bicyclic) bond motifs is 1. The molecule has 0 bridgehead atoms. The number of amides is 2.